The Hall–Kier alpha value is -1.10. The Morgan fingerprint density at radius 2 is 1.78 bits per heavy atom. The van der Waals surface area contributed by atoms with Crippen LogP contribution in [0.15, 0.2) is 6.07 Å². The summed E-state index contributed by atoms with van der Waals surface area (Å²) in [5.41, 5.74) is -0.0283. The molecule has 1 fully saturated rings. The van der Waals surface area contributed by atoms with E-state index in [-0.39, 0.29) is 5.52 Å². The zero-order chi connectivity index (χ0) is 12.7. The molecule has 18 heavy (non-hydrogen) atoms. The van der Waals surface area contributed by atoms with Crippen LogP contribution in [0.25, 0.3) is 10.2 Å². The highest BCUT2D eigenvalue weighted by molar-refractivity contribution is 7.18. The number of hydrogen-bond donors (Lipinski definition) is 0. The Labute approximate surface area is 107 Å². The predicted octanol–water partition coefficient (Wildman–Crippen LogP) is 4.76. The lowest BCUT2D eigenvalue weighted by Crippen LogP contribution is -2.03. The second-order valence-electron chi connectivity index (χ2n) is 4.72. The molecule has 0 bridgehead atoms. The maximum absolute atomic E-state index is 13.6. The Balaban J connectivity index is 2.07. The van der Waals surface area contributed by atoms with E-state index in [1.165, 1.54) is 17.8 Å². The van der Waals surface area contributed by atoms with Crippen molar-refractivity contribution in [1.29, 1.82) is 0 Å². The van der Waals surface area contributed by atoms with Crippen molar-refractivity contribution in [3.8, 4) is 0 Å². The van der Waals surface area contributed by atoms with Gasteiger partial charge in [-0.3, -0.25) is 0 Å². The molecule has 0 N–H and O–H groups in total. The minimum absolute atomic E-state index is 0.0283. The van der Waals surface area contributed by atoms with Gasteiger partial charge in [-0.15, -0.1) is 11.3 Å². The molecule has 3 rings (SSSR count). The molecule has 1 heterocycles. The molecule has 96 valence electrons. The van der Waals surface area contributed by atoms with Gasteiger partial charge in [0.2, 0.25) is 0 Å². The molecule has 1 aliphatic rings. The van der Waals surface area contributed by atoms with Crippen molar-refractivity contribution in [3.05, 3.63) is 28.5 Å². The van der Waals surface area contributed by atoms with Gasteiger partial charge in [0.15, 0.2) is 17.5 Å². The van der Waals surface area contributed by atoms with Gasteiger partial charge in [0, 0.05) is 5.92 Å². The van der Waals surface area contributed by atoms with Crippen molar-refractivity contribution in [2.24, 2.45) is 0 Å². The van der Waals surface area contributed by atoms with Gasteiger partial charge in [-0.2, -0.15) is 0 Å². The monoisotopic (exact) mass is 271 g/mol. The van der Waals surface area contributed by atoms with E-state index in [1.54, 1.807) is 0 Å². The fourth-order valence-electron chi connectivity index (χ4n) is 2.52. The highest BCUT2D eigenvalue weighted by Gasteiger charge is 2.22. The van der Waals surface area contributed by atoms with Crippen LogP contribution in [0.3, 0.4) is 0 Å². The van der Waals surface area contributed by atoms with Crippen molar-refractivity contribution >= 4 is 21.6 Å². The first kappa shape index (κ1) is 12.0. The maximum atomic E-state index is 13.6. The average Bonchev–Trinajstić information content (AvgIpc) is 2.81. The van der Waals surface area contributed by atoms with E-state index in [1.807, 2.05) is 0 Å². The van der Waals surface area contributed by atoms with Gasteiger partial charge < -0.3 is 0 Å². The molecular formula is C13H12F3NS. The van der Waals surface area contributed by atoms with Crippen LogP contribution in [0.4, 0.5) is 13.2 Å². The molecule has 1 saturated carbocycles. The molecule has 0 amide bonds. The van der Waals surface area contributed by atoms with Crippen LogP contribution in [0.2, 0.25) is 0 Å². The summed E-state index contributed by atoms with van der Waals surface area (Å²) in [5.74, 6) is -3.41. The van der Waals surface area contributed by atoms with Crippen LogP contribution in [0, 0.1) is 17.5 Å². The third-order valence-electron chi connectivity index (χ3n) is 3.49. The molecule has 0 radical (unpaired) electrons. The number of halogens is 3. The zero-order valence-corrected chi connectivity index (χ0v) is 10.5. The zero-order valence-electron chi connectivity index (χ0n) is 9.68. The number of benzene rings is 1. The average molecular weight is 271 g/mol. The Morgan fingerprint density at radius 1 is 1.06 bits per heavy atom. The smallest absolute Gasteiger partial charge is 0.196 e. The van der Waals surface area contributed by atoms with Gasteiger partial charge in [0.1, 0.15) is 5.52 Å². The van der Waals surface area contributed by atoms with E-state index in [2.05, 4.69) is 4.98 Å². The van der Waals surface area contributed by atoms with Gasteiger partial charge in [0.25, 0.3) is 0 Å². The molecule has 0 atom stereocenters. The second kappa shape index (κ2) is 4.53. The third kappa shape index (κ3) is 1.90. The summed E-state index contributed by atoms with van der Waals surface area (Å²) >= 11 is 1.28. The first-order chi connectivity index (χ1) is 8.66. The summed E-state index contributed by atoms with van der Waals surface area (Å²) in [6.07, 6.45) is 5.58. The number of thiazole rings is 1. The lowest BCUT2D eigenvalue weighted by Gasteiger charge is -2.18. The molecule has 0 unspecified atom stereocenters. The highest BCUT2D eigenvalue weighted by atomic mass is 32.1. The highest BCUT2D eigenvalue weighted by Crippen LogP contribution is 2.37. The molecule has 0 aliphatic heterocycles. The van der Waals surface area contributed by atoms with Gasteiger partial charge in [-0.05, 0) is 18.9 Å². The molecule has 1 aliphatic carbocycles. The van der Waals surface area contributed by atoms with E-state index in [0.717, 1.165) is 36.8 Å². The van der Waals surface area contributed by atoms with Crippen LogP contribution in [0.1, 0.15) is 43.0 Å². The van der Waals surface area contributed by atoms with Gasteiger partial charge in [0.05, 0.1) is 9.71 Å². The largest absolute Gasteiger partial charge is 0.238 e. The van der Waals surface area contributed by atoms with Crippen LogP contribution in [-0.2, 0) is 0 Å². The topological polar surface area (TPSA) is 12.9 Å². The van der Waals surface area contributed by atoms with Crippen molar-refractivity contribution in [2.75, 3.05) is 0 Å². The molecule has 2 aromatic rings. The summed E-state index contributed by atoms with van der Waals surface area (Å²) in [4.78, 5) is 4.17. The molecule has 1 nitrogen and oxygen atoms in total. The quantitative estimate of drug-likeness (QED) is 0.681. The van der Waals surface area contributed by atoms with Gasteiger partial charge >= 0.3 is 0 Å². The standard InChI is InChI=1S/C13H12F3NS/c14-8-6-9-12(11(16)10(8)15)17-13(18-9)7-4-2-1-3-5-7/h6-7H,1-5H2. The fourth-order valence-corrected chi connectivity index (χ4v) is 3.67. The Bertz CT molecular complexity index is 587. The number of nitrogens with zero attached hydrogens (tertiary/aromatic N) is 1. The van der Waals surface area contributed by atoms with Crippen LogP contribution in [0.5, 0.6) is 0 Å². The number of fused-ring (bicyclic) bond motifs is 1. The maximum Gasteiger partial charge on any atom is 0.196 e. The van der Waals surface area contributed by atoms with Crippen molar-refractivity contribution in [1.82, 2.24) is 4.98 Å². The number of aromatic nitrogens is 1. The predicted molar refractivity (Wildman–Crippen MR) is 65.3 cm³/mol. The molecule has 0 saturated heterocycles. The summed E-state index contributed by atoms with van der Waals surface area (Å²) < 4.78 is 40.2. The van der Waals surface area contributed by atoms with Gasteiger partial charge in [-0.25, -0.2) is 18.2 Å². The van der Waals surface area contributed by atoms with E-state index < -0.39 is 17.5 Å². The van der Waals surface area contributed by atoms with Gasteiger partial charge in [-0.1, -0.05) is 19.3 Å². The number of hydrogen-bond acceptors (Lipinski definition) is 2. The molecule has 0 spiro atoms. The van der Waals surface area contributed by atoms with Crippen molar-refractivity contribution in [2.45, 2.75) is 38.0 Å². The van der Waals surface area contributed by atoms with E-state index >= 15 is 0 Å². The lowest BCUT2D eigenvalue weighted by atomic mass is 9.90. The van der Waals surface area contributed by atoms with Crippen LogP contribution in [-0.4, -0.2) is 4.98 Å². The first-order valence-electron chi connectivity index (χ1n) is 6.10. The Kier molecular flexibility index (Phi) is 3.01. The van der Waals surface area contributed by atoms with E-state index in [0.29, 0.717) is 10.6 Å². The third-order valence-corrected chi connectivity index (χ3v) is 4.66. The molecular weight excluding hydrogens is 259 g/mol. The second-order valence-corrected chi connectivity index (χ2v) is 5.78. The molecule has 1 aromatic carbocycles. The summed E-state index contributed by atoms with van der Waals surface area (Å²) in [6, 6.07) is 1.04. The lowest BCUT2D eigenvalue weighted by molar-refractivity contribution is 0.441. The first-order valence-corrected chi connectivity index (χ1v) is 6.92. The fraction of sp³-hybridized carbons (Fsp3) is 0.462. The van der Waals surface area contributed by atoms with E-state index in [9.17, 15) is 13.2 Å². The SMILES string of the molecule is Fc1cc2sc(C3CCCCC3)nc2c(F)c1F. The van der Waals surface area contributed by atoms with Crippen molar-refractivity contribution < 1.29 is 13.2 Å². The van der Waals surface area contributed by atoms with Crippen molar-refractivity contribution in [3.63, 3.8) is 0 Å². The summed E-state index contributed by atoms with van der Waals surface area (Å²) in [6.45, 7) is 0. The molecule has 1 aromatic heterocycles. The number of rotatable bonds is 1. The van der Waals surface area contributed by atoms with E-state index in [4.69, 9.17) is 0 Å². The minimum atomic E-state index is -1.43. The molecule has 5 heteroatoms. The normalized spacial score (nSPS) is 17.5. The van der Waals surface area contributed by atoms with Crippen LogP contribution < -0.4 is 0 Å². The Morgan fingerprint density at radius 3 is 2.50 bits per heavy atom. The minimum Gasteiger partial charge on any atom is -0.238 e. The summed E-state index contributed by atoms with van der Waals surface area (Å²) in [5, 5.41) is 0.814. The van der Waals surface area contributed by atoms with Crippen LogP contribution >= 0.6 is 11.3 Å². The summed E-state index contributed by atoms with van der Waals surface area (Å²) in [7, 11) is 0.